The van der Waals surface area contributed by atoms with Gasteiger partial charge in [-0.15, -0.1) is 0 Å². The number of halogens is 2. The Balaban J connectivity index is 1.89. The molecule has 0 aliphatic carbocycles. The summed E-state index contributed by atoms with van der Waals surface area (Å²) in [6.07, 6.45) is 2.58. The van der Waals surface area contributed by atoms with E-state index < -0.39 is 11.6 Å². The summed E-state index contributed by atoms with van der Waals surface area (Å²) in [6, 6.07) is 8.50. The lowest BCUT2D eigenvalue weighted by atomic mass is 9.93. The number of benzene rings is 2. The van der Waals surface area contributed by atoms with E-state index in [4.69, 9.17) is 14.7 Å². The first-order valence-corrected chi connectivity index (χ1v) is 9.52. The Hall–Kier alpha value is -3.35. The van der Waals surface area contributed by atoms with Gasteiger partial charge in [-0.05, 0) is 30.0 Å². The maximum atomic E-state index is 14.8. The van der Waals surface area contributed by atoms with Crippen LogP contribution >= 0.6 is 0 Å². The van der Waals surface area contributed by atoms with E-state index in [9.17, 15) is 8.78 Å². The number of ether oxygens (including phenoxy) is 2. The molecule has 0 fully saturated rings. The molecule has 2 aromatic carbocycles. The maximum Gasteiger partial charge on any atom is 0.179 e. The molecule has 0 aliphatic rings. The summed E-state index contributed by atoms with van der Waals surface area (Å²) in [5.74, 6) is 4.63. The zero-order valence-corrected chi connectivity index (χ0v) is 17.1. The van der Waals surface area contributed by atoms with Crippen molar-refractivity contribution in [2.45, 2.75) is 27.2 Å². The van der Waals surface area contributed by atoms with Gasteiger partial charge in [-0.25, -0.2) is 8.78 Å². The van der Waals surface area contributed by atoms with Gasteiger partial charge >= 0.3 is 0 Å². The van der Waals surface area contributed by atoms with E-state index in [0.29, 0.717) is 23.1 Å². The number of rotatable bonds is 5. The summed E-state index contributed by atoms with van der Waals surface area (Å²) in [5.41, 5.74) is 0.921. The van der Waals surface area contributed by atoms with Crippen molar-refractivity contribution in [2.75, 3.05) is 13.2 Å². The maximum absolute atomic E-state index is 14.8. The fourth-order valence-electron chi connectivity index (χ4n) is 2.78. The normalized spacial score (nSPS) is 11.1. The van der Waals surface area contributed by atoms with Crippen LogP contribution in [-0.4, -0.2) is 18.2 Å². The van der Waals surface area contributed by atoms with Crippen LogP contribution in [0.1, 0.15) is 38.3 Å². The van der Waals surface area contributed by atoms with Crippen LogP contribution in [0.5, 0.6) is 11.5 Å². The summed E-state index contributed by atoms with van der Waals surface area (Å²) in [5, 5.41) is 9.70. The molecule has 3 aromatic rings. The molecule has 0 radical (unpaired) electrons. The summed E-state index contributed by atoms with van der Waals surface area (Å²) in [7, 11) is 0. The number of fused-ring (bicyclic) bond motifs is 1. The molecule has 4 nitrogen and oxygen atoms in total. The predicted molar refractivity (Wildman–Crippen MR) is 111 cm³/mol. The van der Waals surface area contributed by atoms with Crippen LogP contribution < -0.4 is 4.74 Å². The molecule has 0 spiro atoms. The standard InChI is InChI=1S/C24H22F2N2O2/c1-24(2,3)9-12-29-11-4-5-19-18-8-10-28-22(18)14-21(26)23(19)30-17-6-7-20(25)16(13-17)15-27/h6-8,10,13-14,28H,9,11-12H2,1-3H3. The SMILES string of the molecule is CC(C)(C)CCOCC#Cc1c(Oc2ccc(F)c(C#N)c2)c(F)cc2[nH]ccc12. The first kappa shape index (κ1) is 21.4. The van der Waals surface area contributed by atoms with Crippen molar-refractivity contribution in [1.82, 2.24) is 4.98 Å². The third-order valence-corrected chi connectivity index (χ3v) is 4.43. The second kappa shape index (κ2) is 8.98. The number of aromatic amines is 1. The largest absolute Gasteiger partial charge is 0.453 e. The second-order valence-electron chi connectivity index (χ2n) is 8.02. The van der Waals surface area contributed by atoms with Crippen LogP contribution in [0.3, 0.4) is 0 Å². The highest BCUT2D eigenvalue weighted by molar-refractivity contribution is 5.88. The lowest BCUT2D eigenvalue weighted by Crippen LogP contribution is -2.09. The van der Waals surface area contributed by atoms with E-state index in [1.54, 1.807) is 18.3 Å². The quantitative estimate of drug-likeness (QED) is 0.421. The third-order valence-electron chi connectivity index (χ3n) is 4.43. The molecule has 1 heterocycles. The Morgan fingerprint density at radius 1 is 1.10 bits per heavy atom. The van der Waals surface area contributed by atoms with Crippen LogP contribution in [0.25, 0.3) is 10.9 Å². The molecule has 0 atom stereocenters. The average Bonchev–Trinajstić information content (AvgIpc) is 3.14. The molecule has 1 N–H and O–H groups in total. The number of nitriles is 1. The first-order valence-electron chi connectivity index (χ1n) is 9.52. The van der Waals surface area contributed by atoms with Gasteiger partial charge in [-0.3, -0.25) is 0 Å². The van der Waals surface area contributed by atoms with Gasteiger partial charge in [0.25, 0.3) is 0 Å². The summed E-state index contributed by atoms with van der Waals surface area (Å²) < 4.78 is 39.6. The zero-order valence-electron chi connectivity index (χ0n) is 17.1. The van der Waals surface area contributed by atoms with Crippen molar-refractivity contribution in [3.05, 3.63) is 59.3 Å². The van der Waals surface area contributed by atoms with Crippen LogP contribution in [0, 0.1) is 40.2 Å². The van der Waals surface area contributed by atoms with E-state index in [2.05, 4.69) is 37.6 Å². The number of nitrogens with one attached hydrogen (secondary N) is 1. The molecule has 0 bridgehead atoms. The van der Waals surface area contributed by atoms with Crippen molar-refractivity contribution >= 4 is 10.9 Å². The van der Waals surface area contributed by atoms with Gasteiger partial charge in [-0.2, -0.15) is 5.26 Å². The fraction of sp³-hybridized carbons (Fsp3) is 0.292. The molecule has 1 aromatic heterocycles. The Kier molecular flexibility index (Phi) is 6.40. The van der Waals surface area contributed by atoms with Gasteiger partial charge in [-0.1, -0.05) is 32.6 Å². The Bertz CT molecular complexity index is 1160. The third kappa shape index (κ3) is 5.17. The van der Waals surface area contributed by atoms with Crippen LogP contribution in [-0.2, 0) is 4.74 Å². The molecule has 3 rings (SSSR count). The molecule has 0 saturated carbocycles. The van der Waals surface area contributed by atoms with Crippen molar-refractivity contribution in [3.63, 3.8) is 0 Å². The number of nitrogens with zero attached hydrogens (tertiary/aromatic N) is 1. The average molecular weight is 408 g/mol. The predicted octanol–water partition coefficient (Wildman–Crippen LogP) is 5.91. The van der Waals surface area contributed by atoms with Gasteiger partial charge in [0.2, 0.25) is 0 Å². The number of hydrogen-bond donors (Lipinski definition) is 1. The summed E-state index contributed by atoms with van der Waals surface area (Å²) >= 11 is 0. The highest BCUT2D eigenvalue weighted by Crippen LogP contribution is 2.34. The van der Waals surface area contributed by atoms with E-state index in [1.807, 2.05) is 0 Å². The molecular formula is C24H22F2N2O2. The molecule has 6 heteroatoms. The van der Waals surface area contributed by atoms with Crippen molar-refractivity contribution in [3.8, 4) is 29.4 Å². The second-order valence-corrected chi connectivity index (χ2v) is 8.02. The van der Waals surface area contributed by atoms with Crippen molar-refractivity contribution in [2.24, 2.45) is 5.41 Å². The van der Waals surface area contributed by atoms with Gasteiger partial charge in [0.1, 0.15) is 24.2 Å². The van der Waals surface area contributed by atoms with E-state index in [-0.39, 0.29) is 29.1 Å². The molecular weight excluding hydrogens is 386 g/mol. The molecule has 30 heavy (non-hydrogen) atoms. The van der Waals surface area contributed by atoms with Gasteiger partial charge < -0.3 is 14.5 Å². The van der Waals surface area contributed by atoms with Crippen LogP contribution in [0.4, 0.5) is 8.78 Å². The highest BCUT2D eigenvalue weighted by atomic mass is 19.1. The van der Waals surface area contributed by atoms with Gasteiger partial charge in [0.15, 0.2) is 11.6 Å². The lowest BCUT2D eigenvalue weighted by molar-refractivity contribution is 0.135. The topological polar surface area (TPSA) is 58.0 Å². The molecule has 0 unspecified atom stereocenters. The van der Waals surface area contributed by atoms with E-state index >= 15 is 0 Å². The summed E-state index contributed by atoms with van der Waals surface area (Å²) in [4.78, 5) is 2.96. The van der Waals surface area contributed by atoms with E-state index in [0.717, 1.165) is 12.5 Å². The Labute approximate surface area is 174 Å². The minimum Gasteiger partial charge on any atom is -0.453 e. The van der Waals surface area contributed by atoms with Gasteiger partial charge in [0.05, 0.1) is 11.1 Å². The molecule has 0 saturated heterocycles. The molecule has 0 amide bonds. The van der Waals surface area contributed by atoms with Crippen LogP contribution in [0.2, 0.25) is 0 Å². The first-order chi connectivity index (χ1) is 14.3. The van der Waals surface area contributed by atoms with E-state index in [1.165, 1.54) is 18.2 Å². The van der Waals surface area contributed by atoms with Crippen molar-refractivity contribution in [1.29, 1.82) is 5.26 Å². The molecule has 0 aliphatic heterocycles. The van der Waals surface area contributed by atoms with Gasteiger partial charge in [0, 0.05) is 35.8 Å². The smallest absolute Gasteiger partial charge is 0.179 e. The highest BCUT2D eigenvalue weighted by Gasteiger charge is 2.16. The number of hydrogen-bond acceptors (Lipinski definition) is 3. The monoisotopic (exact) mass is 408 g/mol. The number of aromatic nitrogens is 1. The Morgan fingerprint density at radius 3 is 2.63 bits per heavy atom. The van der Waals surface area contributed by atoms with Crippen LogP contribution in [0.15, 0.2) is 36.5 Å². The minimum atomic E-state index is -0.668. The zero-order chi connectivity index (χ0) is 21.7. The minimum absolute atomic E-state index is 0.0835. The summed E-state index contributed by atoms with van der Waals surface area (Å²) in [6.45, 7) is 7.18. The molecule has 154 valence electrons. The Morgan fingerprint density at radius 2 is 1.90 bits per heavy atom. The lowest BCUT2D eigenvalue weighted by Gasteiger charge is -2.16. The number of H-pyrrole nitrogens is 1. The fourth-order valence-corrected chi connectivity index (χ4v) is 2.78. The van der Waals surface area contributed by atoms with Crippen molar-refractivity contribution < 1.29 is 18.3 Å².